The Bertz CT molecular complexity index is 804. The van der Waals surface area contributed by atoms with Crippen molar-refractivity contribution in [1.29, 1.82) is 0 Å². The van der Waals surface area contributed by atoms with Crippen LogP contribution in [-0.2, 0) is 16.6 Å². The van der Waals surface area contributed by atoms with Crippen LogP contribution in [0.1, 0.15) is 43.2 Å². The number of aromatic hydroxyl groups is 1. The van der Waals surface area contributed by atoms with Crippen molar-refractivity contribution in [3.05, 3.63) is 23.3 Å². The Balaban J connectivity index is 1.58. The minimum Gasteiger partial charge on any atom is -0.504 e. The first-order valence-corrected chi connectivity index (χ1v) is 9.62. The van der Waals surface area contributed by atoms with Crippen molar-refractivity contribution in [3.8, 4) is 11.5 Å². The standard InChI is InChI=1S/C20H24N2O3/c21-20-6-5-14(24)18-19(20)7-8-22(10-11-1-2-11)15(20)9-12-3-4-13(23)17(25-18)16(12)19/h3-4,11,15,18,23H,1-2,5-10,21H2/t15-,18+,19?,20-/m1/s1. The third-order valence-electron chi connectivity index (χ3n) is 7.69. The van der Waals surface area contributed by atoms with Crippen molar-refractivity contribution in [2.24, 2.45) is 11.7 Å². The predicted octanol–water partition coefficient (Wildman–Crippen LogP) is 1.49. The van der Waals surface area contributed by atoms with Gasteiger partial charge < -0.3 is 15.6 Å². The molecule has 0 amide bonds. The summed E-state index contributed by atoms with van der Waals surface area (Å²) in [5.74, 6) is 1.66. The van der Waals surface area contributed by atoms with Crippen LogP contribution in [0.15, 0.2) is 12.1 Å². The fourth-order valence-corrected chi connectivity index (χ4v) is 6.37. The molecule has 6 rings (SSSR count). The minimum absolute atomic E-state index is 0.150. The van der Waals surface area contributed by atoms with E-state index in [2.05, 4.69) is 4.90 Å². The Kier molecular flexibility index (Phi) is 2.55. The molecule has 2 bridgehead atoms. The maximum atomic E-state index is 12.8. The van der Waals surface area contributed by atoms with E-state index < -0.39 is 17.1 Å². The third kappa shape index (κ3) is 1.56. The van der Waals surface area contributed by atoms with E-state index in [1.807, 2.05) is 6.07 Å². The highest BCUT2D eigenvalue weighted by atomic mass is 16.5. The van der Waals surface area contributed by atoms with Crippen molar-refractivity contribution in [1.82, 2.24) is 4.90 Å². The number of ketones is 1. The van der Waals surface area contributed by atoms with E-state index in [1.165, 1.54) is 18.4 Å². The highest BCUT2D eigenvalue weighted by Gasteiger charge is 2.72. The van der Waals surface area contributed by atoms with Crippen LogP contribution in [0.4, 0.5) is 0 Å². The minimum atomic E-state index is -0.515. The Morgan fingerprint density at radius 2 is 2.16 bits per heavy atom. The maximum Gasteiger partial charge on any atom is 0.174 e. The molecule has 1 aromatic rings. The number of piperidine rings is 1. The molecule has 2 aliphatic heterocycles. The van der Waals surface area contributed by atoms with Crippen LogP contribution in [0, 0.1) is 5.92 Å². The summed E-state index contributed by atoms with van der Waals surface area (Å²) in [6, 6.07) is 4.01. The number of likely N-dealkylation sites (tertiary alicyclic amines) is 1. The summed E-state index contributed by atoms with van der Waals surface area (Å²) in [6.45, 7) is 2.11. The van der Waals surface area contributed by atoms with E-state index in [4.69, 9.17) is 10.5 Å². The fraction of sp³-hybridized carbons (Fsp3) is 0.650. The lowest BCUT2D eigenvalue weighted by molar-refractivity contribution is -0.141. The van der Waals surface area contributed by atoms with Gasteiger partial charge in [0.1, 0.15) is 0 Å². The number of hydrogen-bond acceptors (Lipinski definition) is 5. The number of phenolic OH excluding ortho intramolecular Hbond substituents is 1. The molecule has 2 saturated carbocycles. The van der Waals surface area contributed by atoms with E-state index in [1.54, 1.807) is 6.07 Å². The topological polar surface area (TPSA) is 75.8 Å². The summed E-state index contributed by atoms with van der Waals surface area (Å²) in [5, 5.41) is 10.4. The SMILES string of the molecule is N[C@@]12CCC(=O)[C@@H]3Oc4c(O)ccc5c4C31CCN(CC1CC1)[C@@H]2C5. The molecule has 25 heavy (non-hydrogen) atoms. The Hall–Kier alpha value is -1.59. The average Bonchev–Trinajstić information content (AvgIpc) is 3.32. The smallest absolute Gasteiger partial charge is 0.174 e. The molecule has 3 fully saturated rings. The number of rotatable bonds is 2. The summed E-state index contributed by atoms with van der Waals surface area (Å²) >= 11 is 0. The summed E-state index contributed by atoms with van der Waals surface area (Å²) in [4.78, 5) is 15.4. The van der Waals surface area contributed by atoms with Crippen molar-refractivity contribution in [2.45, 2.75) is 61.6 Å². The van der Waals surface area contributed by atoms with Crippen molar-refractivity contribution in [2.75, 3.05) is 13.1 Å². The third-order valence-corrected chi connectivity index (χ3v) is 7.69. The zero-order valence-corrected chi connectivity index (χ0v) is 14.3. The Morgan fingerprint density at radius 1 is 1.32 bits per heavy atom. The molecular formula is C20H24N2O3. The number of carbonyl (C=O) groups excluding carboxylic acids is 1. The molecule has 0 radical (unpaired) electrons. The number of ether oxygens (including phenoxy) is 1. The molecule has 0 aromatic heterocycles. The maximum absolute atomic E-state index is 12.8. The highest BCUT2D eigenvalue weighted by Crippen LogP contribution is 2.64. The molecule has 5 nitrogen and oxygen atoms in total. The molecule has 1 saturated heterocycles. The number of nitrogens with two attached hydrogens (primary N) is 1. The second-order valence-corrected chi connectivity index (χ2v) is 8.83. The molecule has 2 heterocycles. The van der Waals surface area contributed by atoms with Crippen LogP contribution in [0.5, 0.6) is 11.5 Å². The van der Waals surface area contributed by atoms with Gasteiger partial charge in [-0.25, -0.2) is 0 Å². The van der Waals surface area contributed by atoms with Gasteiger partial charge in [-0.2, -0.15) is 0 Å². The van der Waals surface area contributed by atoms with E-state index in [9.17, 15) is 9.90 Å². The molecule has 5 heteroatoms. The lowest BCUT2D eigenvalue weighted by atomic mass is 9.47. The molecule has 5 aliphatic rings. The summed E-state index contributed by atoms with van der Waals surface area (Å²) in [5.41, 5.74) is 8.57. The van der Waals surface area contributed by atoms with Crippen LogP contribution >= 0.6 is 0 Å². The first-order chi connectivity index (χ1) is 12.0. The Morgan fingerprint density at radius 3 is 2.96 bits per heavy atom. The summed E-state index contributed by atoms with van der Waals surface area (Å²) < 4.78 is 6.12. The zero-order chi connectivity index (χ0) is 17.0. The van der Waals surface area contributed by atoms with Crippen LogP contribution in [0.25, 0.3) is 0 Å². The van der Waals surface area contributed by atoms with Gasteiger partial charge in [0.2, 0.25) is 0 Å². The van der Waals surface area contributed by atoms with Crippen molar-refractivity contribution >= 4 is 5.78 Å². The van der Waals surface area contributed by atoms with Crippen molar-refractivity contribution in [3.63, 3.8) is 0 Å². The number of hydrogen-bond donors (Lipinski definition) is 2. The number of phenols is 1. The van der Waals surface area contributed by atoms with Gasteiger partial charge in [0.05, 0.1) is 5.41 Å². The van der Waals surface area contributed by atoms with E-state index in [0.717, 1.165) is 43.8 Å². The van der Waals surface area contributed by atoms with E-state index in [-0.39, 0.29) is 17.6 Å². The second-order valence-electron chi connectivity index (χ2n) is 8.83. The lowest BCUT2D eigenvalue weighted by Gasteiger charge is -2.63. The number of Topliss-reactive ketones (excluding diaryl/α,β-unsaturated/α-hetero) is 1. The van der Waals surface area contributed by atoms with Gasteiger partial charge in [-0.05, 0) is 56.2 Å². The molecular weight excluding hydrogens is 316 g/mol. The molecule has 4 atom stereocenters. The van der Waals surface area contributed by atoms with E-state index in [0.29, 0.717) is 12.2 Å². The lowest BCUT2D eigenvalue weighted by Crippen LogP contribution is -2.80. The molecule has 3 aliphatic carbocycles. The van der Waals surface area contributed by atoms with Crippen molar-refractivity contribution < 1.29 is 14.6 Å². The zero-order valence-electron chi connectivity index (χ0n) is 14.3. The highest BCUT2D eigenvalue weighted by molar-refractivity contribution is 5.90. The van der Waals surface area contributed by atoms with Gasteiger partial charge in [0, 0.05) is 30.1 Å². The molecule has 1 aromatic carbocycles. The predicted molar refractivity (Wildman–Crippen MR) is 91.8 cm³/mol. The van der Waals surface area contributed by atoms with E-state index >= 15 is 0 Å². The monoisotopic (exact) mass is 340 g/mol. The number of nitrogens with zero attached hydrogens (tertiary/aromatic N) is 1. The molecule has 1 unspecified atom stereocenters. The Labute approximate surface area is 147 Å². The van der Waals surface area contributed by atoms with Gasteiger partial charge in [-0.3, -0.25) is 9.69 Å². The second kappa shape index (κ2) is 4.38. The van der Waals surface area contributed by atoms with Crippen LogP contribution in [0.3, 0.4) is 0 Å². The number of carbonyl (C=O) groups is 1. The quantitative estimate of drug-likeness (QED) is 0.853. The van der Waals surface area contributed by atoms with Crippen LogP contribution in [-0.4, -0.2) is 46.6 Å². The fourth-order valence-electron chi connectivity index (χ4n) is 6.37. The van der Waals surface area contributed by atoms with Gasteiger partial charge in [-0.1, -0.05) is 6.07 Å². The normalized spacial score (nSPS) is 41.4. The van der Waals surface area contributed by atoms with Crippen LogP contribution in [0.2, 0.25) is 0 Å². The van der Waals surface area contributed by atoms with Gasteiger partial charge >= 0.3 is 0 Å². The van der Waals surface area contributed by atoms with Gasteiger partial charge in [0.15, 0.2) is 23.4 Å². The molecule has 3 N–H and O–H groups in total. The van der Waals surface area contributed by atoms with Gasteiger partial charge in [0.25, 0.3) is 0 Å². The first kappa shape index (κ1) is 14.6. The first-order valence-electron chi connectivity index (χ1n) is 9.62. The average molecular weight is 340 g/mol. The molecule has 1 spiro atoms. The summed E-state index contributed by atoms with van der Waals surface area (Å²) in [6.07, 6.45) is 5.13. The van der Waals surface area contributed by atoms with Gasteiger partial charge in [-0.15, -0.1) is 0 Å². The molecule has 132 valence electrons. The van der Waals surface area contributed by atoms with Crippen LogP contribution < -0.4 is 10.5 Å². The number of benzene rings is 1. The summed E-state index contributed by atoms with van der Waals surface area (Å²) in [7, 11) is 0. The largest absolute Gasteiger partial charge is 0.504 e.